The van der Waals surface area contributed by atoms with Crippen molar-refractivity contribution >= 4 is 22.4 Å². The minimum Gasteiger partial charge on any atom is -0.347 e. The van der Waals surface area contributed by atoms with Gasteiger partial charge in [-0.05, 0) is 12.8 Å². The highest BCUT2D eigenvalue weighted by molar-refractivity contribution is 7.15. The Bertz CT molecular complexity index is 472. The van der Waals surface area contributed by atoms with Crippen molar-refractivity contribution in [3.8, 4) is 0 Å². The Kier molecular flexibility index (Phi) is 4.32. The van der Waals surface area contributed by atoms with Crippen LogP contribution in [0.25, 0.3) is 0 Å². The summed E-state index contributed by atoms with van der Waals surface area (Å²) in [6, 6.07) is 0.360. The van der Waals surface area contributed by atoms with Gasteiger partial charge < -0.3 is 9.80 Å². The molecule has 1 aliphatic heterocycles. The normalized spacial score (nSPS) is 17.4. The van der Waals surface area contributed by atoms with Crippen molar-refractivity contribution < 1.29 is 4.79 Å². The van der Waals surface area contributed by atoms with E-state index in [-0.39, 0.29) is 11.3 Å². The van der Waals surface area contributed by atoms with Crippen molar-refractivity contribution in [2.75, 3.05) is 25.0 Å². The zero-order valence-corrected chi connectivity index (χ0v) is 13.8. The van der Waals surface area contributed by atoms with Gasteiger partial charge in [-0.25, -0.2) is 0 Å². The molecule has 1 aromatic heterocycles. The van der Waals surface area contributed by atoms with E-state index in [9.17, 15) is 4.79 Å². The first-order valence-corrected chi connectivity index (χ1v) is 7.93. The SMILES string of the molecule is CC(=O)N(C)C1CCN(c2nnc(C(C)(C)C)s2)CC1. The molecule has 0 aromatic carbocycles. The lowest BCUT2D eigenvalue weighted by atomic mass is 9.98. The number of anilines is 1. The van der Waals surface area contributed by atoms with Gasteiger partial charge >= 0.3 is 0 Å². The van der Waals surface area contributed by atoms with Crippen molar-refractivity contribution in [1.82, 2.24) is 15.1 Å². The lowest BCUT2D eigenvalue weighted by molar-refractivity contribution is -0.129. The number of rotatable bonds is 2. The molecular weight excluding hydrogens is 272 g/mol. The van der Waals surface area contributed by atoms with E-state index < -0.39 is 0 Å². The molecule has 1 fully saturated rings. The van der Waals surface area contributed by atoms with Gasteiger partial charge in [0.25, 0.3) is 0 Å². The molecule has 0 spiro atoms. The zero-order valence-electron chi connectivity index (χ0n) is 13.0. The topological polar surface area (TPSA) is 49.3 Å². The standard InChI is InChI=1S/C14H24N4OS/c1-10(19)17(5)11-6-8-18(9-7-11)13-16-15-12(20-13)14(2,3)4/h11H,6-9H2,1-5H3. The van der Waals surface area contributed by atoms with Crippen LogP contribution in [0.4, 0.5) is 5.13 Å². The highest BCUT2D eigenvalue weighted by atomic mass is 32.1. The molecule has 0 atom stereocenters. The fraction of sp³-hybridized carbons (Fsp3) is 0.786. The second-order valence-corrected chi connectivity index (χ2v) is 7.44. The highest BCUT2D eigenvalue weighted by Crippen LogP contribution is 2.31. The summed E-state index contributed by atoms with van der Waals surface area (Å²) in [5.41, 5.74) is 0.0586. The smallest absolute Gasteiger partial charge is 0.219 e. The van der Waals surface area contributed by atoms with Crippen LogP contribution in [0.3, 0.4) is 0 Å². The number of amides is 1. The molecule has 2 rings (SSSR count). The van der Waals surface area contributed by atoms with E-state index in [0.717, 1.165) is 36.1 Å². The molecule has 0 bridgehead atoms. The van der Waals surface area contributed by atoms with Crippen LogP contribution in [0.1, 0.15) is 45.5 Å². The number of hydrogen-bond acceptors (Lipinski definition) is 5. The number of carbonyl (C=O) groups is 1. The van der Waals surface area contributed by atoms with Gasteiger partial charge in [0, 0.05) is 38.5 Å². The first-order chi connectivity index (χ1) is 9.29. The van der Waals surface area contributed by atoms with Crippen molar-refractivity contribution in [2.45, 2.75) is 52.0 Å². The maximum Gasteiger partial charge on any atom is 0.219 e. The lowest BCUT2D eigenvalue weighted by Crippen LogP contribution is -2.45. The summed E-state index contributed by atoms with van der Waals surface area (Å²) < 4.78 is 0. The van der Waals surface area contributed by atoms with E-state index in [1.165, 1.54) is 0 Å². The van der Waals surface area contributed by atoms with Crippen LogP contribution in [0.5, 0.6) is 0 Å². The van der Waals surface area contributed by atoms with E-state index in [4.69, 9.17) is 0 Å². The maximum absolute atomic E-state index is 11.4. The number of nitrogens with zero attached hydrogens (tertiary/aromatic N) is 4. The van der Waals surface area contributed by atoms with E-state index in [0.29, 0.717) is 6.04 Å². The summed E-state index contributed by atoms with van der Waals surface area (Å²) in [5.74, 6) is 0.148. The van der Waals surface area contributed by atoms with Crippen molar-refractivity contribution in [2.24, 2.45) is 0 Å². The Labute approximate surface area is 125 Å². The summed E-state index contributed by atoms with van der Waals surface area (Å²) in [7, 11) is 1.89. The molecular formula is C14H24N4OS. The van der Waals surface area contributed by atoms with Gasteiger partial charge in [0.2, 0.25) is 11.0 Å². The number of carbonyl (C=O) groups excluding carboxylic acids is 1. The molecule has 0 aliphatic carbocycles. The average Bonchev–Trinajstić information content (AvgIpc) is 2.87. The summed E-state index contributed by atoms with van der Waals surface area (Å²) in [6.07, 6.45) is 2.00. The fourth-order valence-electron chi connectivity index (χ4n) is 2.35. The third kappa shape index (κ3) is 3.29. The minimum atomic E-state index is 0.0586. The van der Waals surface area contributed by atoms with Gasteiger partial charge in [0.05, 0.1) is 0 Å². The fourth-order valence-corrected chi connectivity index (χ4v) is 3.30. The van der Waals surface area contributed by atoms with Crippen molar-refractivity contribution in [3.63, 3.8) is 0 Å². The molecule has 0 unspecified atom stereocenters. The Balaban J connectivity index is 1.97. The molecule has 0 N–H and O–H groups in total. The summed E-state index contributed by atoms with van der Waals surface area (Å²) in [4.78, 5) is 15.5. The molecule has 20 heavy (non-hydrogen) atoms. The van der Waals surface area contributed by atoms with Crippen LogP contribution in [-0.2, 0) is 10.2 Å². The van der Waals surface area contributed by atoms with Gasteiger partial charge in [-0.3, -0.25) is 4.79 Å². The second kappa shape index (κ2) is 5.68. The maximum atomic E-state index is 11.4. The number of piperidine rings is 1. The van der Waals surface area contributed by atoms with Crippen LogP contribution >= 0.6 is 11.3 Å². The van der Waals surface area contributed by atoms with Crippen molar-refractivity contribution in [1.29, 1.82) is 0 Å². The Morgan fingerprint density at radius 2 is 1.90 bits per heavy atom. The molecule has 2 heterocycles. The predicted octanol–water partition coefficient (Wildman–Crippen LogP) is 2.28. The van der Waals surface area contributed by atoms with Crippen LogP contribution in [0.15, 0.2) is 0 Å². The molecule has 5 nitrogen and oxygen atoms in total. The Morgan fingerprint density at radius 1 is 1.30 bits per heavy atom. The van der Waals surface area contributed by atoms with Crippen LogP contribution < -0.4 is 4.90 Å². The molecule has 112 valence electrons. The van der Waals surface area contributed by atoms with E-state index >= 15 is 0 Å². The molecule has 0 radical (unpaired) electrons. The molecule has 1 aliphatic rings. The van der Waals surface area contributed by atoms with E-state index in [2.05, 4.69) is 35.9 Å². The Hall–Kier alpha value is -1.17. The second-order valence-electron chi connectivity index (χ2n) is 6.49. The highest BCUT2D eigenvalue weighted by Gasteiger charge is 2.27. The Morgan fingerprint density at radius 3 is 2.35 bits per heavy atom. The van der Waals surface area contributed by atoms with Crippen LogP contribution in [-0.4, -0.2) is 47.2 Å². The lowest BCUT2D eigenvalue weighted by Gasteiger charge is -2.36. The van der Waals surface area contributed by atoms with Gasteiger partial charge in [-0.1, -0.05) is 32.1 Å². The molecule has 1 aromatic rings. The molecule has 1 amide bonds. The van der Waals surface area contributed by atoms with E-state index in [1.54, 1.807) is 18.3 Å². The largest absolute Gasteiger partial charge is 0.347 e. The van der Waals surface area contributed by atoms with Gasteiger partial charge in [-0.15, -0.1) is 10.2 Å². The monoisotopic (exact) mass is 296 g/mol. The molecule has 1 saturated heterocycles. The number of hydrogen-bond donors (Lipinski definition) is 0. The minimum absolute atomic E-state index is 0.0586. The van der Waals surface area contributed by atoms with Gasteiger partial charge in [0.15, 0.2) is 0 Å². The van der Waals surface area contributed by atoms with Gasteiger partial charge in [0.1, 0.15) is 5.01 Å². The van der Waals surface area contributed by atoms with E-state index in [1.807, 2.05) is 11.9 Å². The molecule has 0 saturated carbocycles. The van der Waals surface area contributed by atoms with Crippen molar-refractivity contribution in [3.05, 3.63) is 5.01 Å². The quantitative estimate of drug-likeness (QED) is 0.840. The third-order valence-electron chi connectivity index (χ3n) is 3.84. The van der Waals surface area contributed by atoms with Crippen LogP contribution in [0.2, 0.25) is 0 Å². The van der Waals surface area contributed by atoms with Gasteiger partial charge in [-0.2, -0.15) is 0 Å². The van der Waals surface area contributed by atoms with Crippen LogP contribution in [0, 0.1) is 0 Å². The third-order valence-corrected chi connectivity index (χ3v) is 5.25. The first kappa shape index (κ1) is 15.2. The summed E-state index contributed by atoms with van der Waals surface area (Å²) in [5, 5.41) is 10.7. The summed E-state index contributed by atoms with van der Waals surface area (Å²) >= 11 is 1.69. The average molecular weight is 296 g/mol. The predicted molar refractivity (Wildman–Crippen MR) is 82.3 cm³/mol. The zero-order chi connectivity index (χ0) is 14.9. The summed E-state index contributed by atoms with van der Waals surface area (Å²) in [6.45, 7) is 10.00. The number of aromatic nitrogens is 2. The molecule has 6 heteroatoms. The first-order valence-electron chi connectivity index (χ1n) is 7.11.